The Kier molecular flexibility index (Phi) is 4.63. The van der Waals surface area contributed by atoms with Gasteiger partial charge < -0.3 is 9.88 Å². The van der Waals surface area contributed by atoms with E-state index in [4.69, 9.17) is 0 Å². The van der Waals surface area contributed by atoms with Crippen molar-refractivity contribution in [2.24, 2.45) is 0 Å². The van der Waals surface area contributed by atoms with E-state index in [1.54, 1.807) is 11.3 Å². The van der Waals surface area contributed by atoms with Crippen molar-refractivity contribution in [3.63, 3.8) is 0 Å². The second-order valence-electron chi connectivity index (χ2n) is 5.60. The van der Waals surface area contributed by atoms with Crippen molar-refractivity contribution in [3.05, 3.63) is 75.7 Å². The number of amides is 1. The van der Waals surface area contributed by atoms with Crippen LogP contribution < -0.4 is 5.32 Å². The van der Waals surface area contributed by atoms with Crippen molar-refractivity contribution >= 4 is 17.2 Å². The van der Waals surface area contributed by atoms with Crippen molar-refractivity contribution in [3.8, 4) is 5.69 Å². The van der Waals surface area contributed by atoms with Gasteiger partial charge in [0.25, 0.3) is 0 Å². The molecule has 3 nitrogen and oxygen atoms in total. The number of rotatable bonds is 5. The fraction of sp³-hybridized carbons (Fsp3) is 0.211. The molecule has 2 heterocycles. The number of nitrogens with zero attached hydrogens (tertiary/aromatic N) is 1. The molecule has 0 unspecified atom stereocenters. The molecule has 3 rings (SSSR count). The average Bonchev–Trinajstić information content (AvgIpc) is 3.14. The summed E-state index contributed by atoms with van der Waals surface area (Å²) >= 11 is 1.61. The summed E-state index contributed by atoms with van der Waals surface area (Å²) < 4.78 is 2.22. The highest BCUT2D eigenvalue weighted by molar-refractivity contribution is 7.10. The smallest absolute Gasteiger partial charge is 0.225 e. The van der Waals surface area contributed by atoms with Crippen molar-refractivity contribution in [1.82, 2.24) is 9.88 Å². The number of nitrogens with one attached hydrogen (secondary N) is 1. The zero-order chi connectivity index (χ0) is 16.2. The molecule has 2 aromatic heterocycles. The van der Waals surface area contributed by atoms with Gasteiger partial charge in [0, 0.05) is 28.5 Å². The maximum absolute atomic E-state index is 12.0. The monoisotopic (exact) mass is 324 g/mol. The fourth-order valence-electron chi connectivity index (χ4n) is 2.81. The molecule has 0 radical (unpaired) electrons. The number of para-hydroxylation sites is 1. The molecule has 0 fully saturated rings. The first kappa shape index (κ1) is 15.6. The summed E-state index contributed by atoms with van der Waals surface area (Å²) in [5, 5.41) is 5.02. The van der Waals surface area contributed by atoms with Crippen molar-refractivity contribution in [1.29, 1.82) is 0 Å². The van der Waals surface area contributed by atoms with Gasteiger partial charge in [-0.2, -0.15) is 0 Å². The molecule has 0 aliphatic carbocycles. The number of benzene rings is 1. The van der Waals surface area contributed by atoms with E-state index in [9.17, 15) is 4.79 Å². The van der Waals surface area contributed by atoms with Crippen LogP contribution in [0.5, 0.6) is 0 Å². The Morgan fingerprint density at radius 2 is 1.91 bits per heavy atom. The summed E-state index contributed by atoms with van der Waals surface area (Å²) in [7, 11) is 0. The van der Waals surface area contributed by atoms with Gasteiger partial charge in [-0.05, 0) is 49.1 Å². The van der Waals surface area contributed by atoms with Crippen LogP contribution in [0.1, 0.15) is 21.8 Å². The molecule has 0 aliphatic rings. The topological polar surface area (TPSA) is 34.0 Å². The first-order valence-electron chi connectivity index (χ1n) is 7.67. The zero-order valence-corrected chi connectivity index (χ0v) is 14.2. The van der Waals surface area contributed by atoms with E-state index in [0.717, 1.165) is 16.1 Å². The molecule has 0 aliphatic heterocycles. The van der Waals surface area contributed by atoms with Gasteiger partial charge in [-0.1, -0.05) is 24.3 Å². The maximum Gasteiger partial charge on any atom is 0.225 e. The standard InChI is InChI=1S/C19H20N2OS/c1-14-11-16(13-20-19(22)12-18-9-6-10-23-18)15(2)21(14)17-7-4-3-5-8-17/h3-11H,12-13H2,1-2H3,(H,20,22). The third kappa shape index (κ3) is 3.54. The minimum absolute atomic E-state index is 0.0666. The SMILES string of the molecule is Cc1cc(CNC(=O)Cc2cccs2)c(C)n1-c1ccccc1. The molecule has 0 saturated heterocycles. The summed E-state index contributed by atoms with van der Waals surface area (Å²) in [4.78, 5) is 13.1. The molecular weight excluding hydrogens is 304 g/mol. The van der Waals surface area contributed by atoms with Crippen molar-refractivity contribution in [2.75, 3.05) is 0 Å². The Hall–Kier alpha value is -2.33. The number of aromatic nitrogens is 1. The quantitative estimate of drug-likeness (QED) is 0.756. The van der Waals surface area contributed by atoms with Gasteiger partial charge >= 0.3 is 0 Å². The van der Waals surface area contributed by atoms with Gasteiger partial charge in [-0.3, -0.25) is 4.79 Å². The van der Waals surface area contributed by atoms with Crippen molar-refractivity contribution < 1.29 is 4.79 Å². The molecular formula is C19H20N2OS. The number of carbonyl (C=O) groups is 1. The van der Waals surface area contributed by atoms with Crippen LogP contribution in [0.3, 0.4) is 0 Å². The van der Waals surface area contributed by atoms with E-state index >= 15 is 0 Å². The Bertz CT molecular complexity index is 788. The van der Waals surface area contributed by atoms with Crippen LogP contribution in [-0.2, 0) is 17.8 Å². The fourth-order valence-corrected chi connectivity index (χ4v) is 3.51. The molecule has 0 atom stereocenters. The highest BCUT2D eigenvalue weighted by atomic mass is 32.1. The van der Waals surface area contributed by atoms with E-state index in [0.29, 0.717) is 13.0 Å². The van der Waals surface area contributed by atoms with E-state index in [1.807, 2.05) is 35.7 Å². The molecule has 1 amide bonds. The average molecular weight is 324 g/mol. The van der Waals surface area contributed by atoms with Gasteiger partial charge in [0.2, 0.25) is 5.91 Å². The normalized spacial score (nSPS) is 10.7. The largest absolute Gasteiger partial charge is 0.352 e. The van der Waals surface area contributed by atoms with Crippen LogP contribution in [0.25, 0.3) is 5.69 Å². The first-order valence-corrected chi connectivity index (χ1v) is 8.55. The summed E-state index contributed by atoms with van der Waals surface area (Å²) in [6.07, 6.45) is 0.453. The van der Waals surface area contributed by atoms with Crippen LogP contribution in [0.15, 0.2) is 53.9 Å². The van der Waals surface area contributed by atoms with E-state index in [-0.39, 0.29) is 5.91 Å². The Balaban J connectivity index is 1.71. The molecule has 118 valence electrons. The highest BCUT2D eigenvalue weighted by Crippen LogP contribution is 2.20. The van der Waals surface area contributed by atoms with E-state index in [2.05, 4.69) is 41.9 Å². The van der Waals surface area contributed by atoms with Gasteiger partial charge in [0.1, 0.15) is 0 Å². The highest BCUT2D eigenvalue weighted by Gasteiger charge is 2.11. The van der Waals surface area contributed by atoms with E-state index < -0.39 is 0 Å². The van der Waals surface area contributed by atoms with Crippen LogP contribution in [0, 0.1) is 13.8 Å². The van der Waals surface area contributed by atoms with Gasteiger partial charge in [0.15, 0.2) is 0 Å². The molecule has 1 aromatic carbocycles. The number of hydrogen-bond acceptors (Lipinski definition) is 2. The van der Waals surface area contributed by atoms with Gasteiger partial charge in [-0.15, -0.1) is 11.3 Å². The van der Waals surface area contributed by atoms with Crippen LogP contribution >= 0.6 is 11.3 Å². The molecule has 4 heteroatoms. The zero-order valence-electron chi connectivity index (χ0n) is 13.4. The summed E-state index contributed by atoms with van der Waals surface area (Å²) in [5.74, 6) is 0.0666. The first-order chi connectivity index (χ1) is 11.1. The van der Waals surface area contributed by atoms with Crippen LogP contribution in [-0.4, -0.2) is 10.5 Å². The van der Waals surface area contributed by atoms with Crippen LogP contribution in [0.2, 0.25) is 0 Å². The Morgan fingerprint density at radius 3 is 2.61 bits per heavy atom. The second-order valence-corrected chi connectivity index (χ2v) is 6.63. The lowest BCUT2D eigenvalue weighted by Crippen LogP contribution is -2.24. The lowest BCUT2D eigenvalue weighted by atomic mass is 10.2. The van der Waals surface area contributed by atoms with Crippen LogP contribution in [0.4, 0.5) is 0 Å². The third-order valence-electron chi connectivity index (χ3n) is 3.94. The second kappa shape index (κ2) is 6.84. The summed E-state index contributed by atoms with van der Waals surface area (Å²) in [5.41, 5.74) is 4.66. The lowest BCUT2D eigenvalue weighted by Gasteiger charge is -2.10. The number of hydrogen-bond donors (Lipinski definition) is 1. The molecule has 0 bridgehead atoms. The lowest BCUT2D eigenvalue weighted by molar-refractivity contribution is -0.120. The van der Waals surface area contributed by atoms with Gasteiger partial charge in [0.05, 0.1) is 6.42 Å². The summed E-state index contributed by atoms with van der Waals surface area (Å²) in [6.45, 7) is 4.76. The van der Waals surface area contributed by atoms with E-state index in [1.165, 1.54) is 11.4 Å². The number of aryl methyl sites for hydroxylation is 1. The molecule has 0 spiro atoms. The third-order valence-corrected chi connectivity index (χ3v) is 4.82. The molecule has 0 saturated carbocycles. The number of carbonyl (C=O) groups excluding carboxylic acids is 1. The molecule has 23 heavy (non-hydrogen) atoms. The minimum Gasteiger partial charge on any atom is -0.352 e. The Labute approximate surface area is 140 Å². The number of thiophene rings is 1. The minimum atomic E-state index is 0.0666. The predicted molar refractivity (Wildman–Crippen MR) is 95.1 cm³/mol. The molecule has 1 N–H and O–H groups in total. The van der Waals surface area contributed by atoms with Gasteiger partial charge in [-0.25, -0.2) is 0 Å². The maximum atomic E-state index is 12.0. The predicted octanol–water partition coefficient (Wildman–Crippen LogP) is 4.01. The molecule has 3 aromatic rings. The Morgan fingerprint density at radius 1 is 1.13 bits per heavy atom. The summed E-state index contributed by atoms with van der Waals surface area (Å²) in [6, 6.07) is 16.4. The van der Waals surface area contributed by atoms with Crippen molar-refractivity contribution in [2.45, 2.75) is 26.8 Å².